The molecule has 4 nitrogen and oxygen atoms in total. The number of likely N-dealkylation sites (tertiary alicyclic amines) is 1. The number of hydrogen-bond acceptors (Lipinski definition) is 3. The number of carbonyl (C=O) groups is 1. The lowest BCUT2D eigenvalue weighted by Crippen LogP contribution is -2.42. The average Bonchev–Trinajstić information content (AvgIpc) is 2.63. The molecule has 2 N–H and O–H groups in total. The Balaban J connectivity index is 2.27. The summed E-state index contributed by atoms with van der Waals surface area (Å²) in [4.78, 5) is 14.7. The Morgan fingerprint density at radius 3 is 2.10 bits per heavy atom. The summed E-state index contributed by atoms with van der Waals surface area (Å²) < 4.78 is 0. The van der Waals surface area contributed by atoms with Gasteiger partial charge in [-0.2, -0.15) is 0 Å². The van der Waals surface area contributed by atoms with Crippen molar-refractivity contribution in [2.75, 3.05) is 26.2 Å². The van der Waals surface area contributed by atoms with E-state index >= 15 is 0 Å². The maximum absolute atomic E-state index is 12.5. The normalized spacial score (nSPS) is 18.0. The molecule has 0 bridgehead atoms. The van der Waals surface area contributed by atoms with E-state index in [9.17, 15) is 4.79 Å². The molecule has 1 rings (SSSR count). The van der Waals surface area contributed by atoms with Gasteiger partial charge in [0.05, 0.1) is 0 Å². The van der Waals surface area contributed by atoms with Gasteiger partial charge in [-0.3, -0.25) is 4.79 Å². The summed E-state index contributed by atoms with van der Waals surface area (Å²) in [7, 11) is 0. The van der Waals surface area contributed by atoms with Crippen molar-refractivity contribution in [3.05, 3.63) is 0 Å². The smallest absolute Gasteiger partial charge is 0.222 e. The summed E-state index contributed by atoms with van der Waals surface area (Å²) in [5, 5.41) is 7.25. The van der Waals surface area contributed by atoms with E-state index in [-0.39, 0.29) is 11.0 Å². The third kappa shape index (κ3) is 11.7. The van der Waals surface area contributed by atoms with Crippen LogP contribution in [0.5, 0.6) is 0 Å². The summed E-state index contributed by atoms with van der Waals surface area (Å²) in [5.74, 6) is 1.09. The van der Waals surface area contributed by atoms with Crippen molar-refractivity contribution < 1.29 is 4.79 Å². The molecule has 1 atom stereocenters. The summed E-state index contributed by atoms with van der Waals surface area (Å²) >= 11 is 0. The fourth-order valence-corrected chi connectivity index (χ4v) is 4.35. The third-order valence-electron chi connectivity index (χ3n) is 6.77. The Kier molecular flexibility index (Phi) is 10.8. The number of piperidine rings is 1. The van der Waals surface area contributed by atoms with Crippen LogP contribution < -0.4 is 10.6 Å². The first kappa shape index (κ1) is 27.4. The number of nitrogens with one attached hydrogen (secondary N) is 2. The Bertz CT molecular complexity index is 493. The lowest BCUT2D eigenvalue weighted by atomic mass is 9.70. The van der Waals surface area contributed by atoms with Gasteiger partial charge < -0.3 is 15.5 Å². The highest BCUT2D eigenvalue weighted by Crippen LogP contribution is 2.39. The van der Waals surface area contributed by atoms with Crippen LogP contribution in [0, 0.1) is 16.7 Å². The summed E-state index contributed by atoms with van der Waals surface area (Å²) in [5.41, 5.74) is 0.802. The topological polar surface area (TPSA) is 44.4 Å². The molecule has 0 aromatic carbocycles. The van der Waals surface area contributed by atoms with Gasteiger partial charge in [0.15, 0.2) is 0 Å². The van der Waals surface area contributed by atoms with E-state index in [1.807, 2.05) is 0 Å². The number of amides is 1. The van der Waals surface area contributed by atoms with Gasteiger partial charge >= 0.3 is 0 Å². The third-order valence-corrected chi connectivity index (χ3v) is 6.77. The van der Waals surface area contributed by atoms with Crippen molar-refractivity contribution >= 4 is 5.91 Å². The van der Waals surface area contributed by atoms with E-state index in [2.05, 4.69) is 77.8 Å². The number of hydrogen-bond donors (Lipinski definition) is 2. The molecule has 0 aliphatic carbocycles. The van der Waals surface area contributed by atoms with E-state index in [1.165, 1.54) is 19.3 Å². The van der Waals surface area contributed by atoms with Gasteiger partial charge in [0.25, 0.3) is 0 Å². The zero-order chi connectivity index (χ0) is 23.0. The molecule has 178 valence electrons. The summed E-state index contributed by atoms with van der Waals surface area (Å²) in [6.45, 7) is 24.6. The summed E-state index contributed by atoms with van der Waals surface area (Å²) in [6, 6.07) is 0.568. The lowest BCUT2D eigenvalue weighted by Gasteiger charge is -2.41. The highest BCUT2D eigenvalue weighted by atomic mass is 16.2. The Morgan fingerprint density at radius 2 is 1.57 bits per heavy atom. The molecular weight excluding hydrogens is 370 g/mol. The number of carbonyl (C=O) groups excluding carboxylic acids is 1. The van der Waals surface area contributed by atoms with Crippen LogP contribution in [0.4, 0.5) is 0 Å². The van der Waals surface area contributed by atoms with Crippen molar-refractivity contribution in [3.8, 4) is 0 Å². The molecule has 1 saturated heterocycles. The van der Waals surface area contributed by atoms with Crippen molar-refractivity contribution in [2.24, 2.45) is 16.7 Å². The monoisotopic (exact) mass is 423 g/mol. The minimum atomic E-state index is 0.211. The molecule has 1 aliphatic rings. The minimum Gasteiger partial charge on any atom is -0.343 e. The molecule has 1 heterocycles. The second-order valence-electron chi connectivity index (χ2n) is 12.6. The van der Waals surface area contributed by atoms with Gasteiger partial charge in [-0.05, 0) is 96.1 Å². The highest BCUT2D eigenvalue weighted by molar-refractivity contribution is 5.76. The molecule has 30 heavy (non-hydrogen) atoms. The Morgan fingerprint density at radius 1 is 0.967 bits per heavy atom. The van der Waals surface area contributed by atoms with Crippen LogP contribution in [0.2, 0.25) is 0 Å². The maximum atomic E-state index is 12.5. The van der Waals surface area contributed by atoms with Crippen LogP contribution in [0.15, 0.2) is 0 Å². The van der Waals surface area contributed by atoms with E-state index < -0.39 is 0 Å². The molecular formula is C26H53N3O. The highest BCUT2D eigenvalue weighted by Gasteiger charge is 2.33. The van der Waals surface area contributed by atoms with Crippen LogP contribution in [-0.2, 0) is 4.79 Å². The van der Waals surface area contributed by atoms with Gasteiger partial charge in [0, 0.05) is 31.1 Å². The van der Waals surface area contributed by atoms with Crippen LogP contribution >= 0.6 is 0 Å². The fraction of sp³-hybridized carbons (Fsp3) is 0.962. The molecule has 1 amide bonds. The first-order valence-corrected chi connectivity index (χ1v) is 12.5. The predicted molar refractivity (Wildman–Crippen MR) is 131 cm³/mol. The molecule has 0 spiro atoms. The largest absolute Gasteiger partial charge is 0.343 e. The summed E-state index contributed by atoms with van der Waals surface area (Å²) in [6.07, 6.45) is 7.66. The SMILES string of the molecule is CC(CCC(C)(C)C1CCN(C(=O)CCC(C)(C)C)CC1)NCCCNC(C)(C)C. The van der Waals surface area contributed by atoms with E-state index in [1.54, 1.807) is 0 Å². The average molecular weight is 424 g/mol. The van der Waals surface area contributed by atoms with Crippen molar-refractivity contribution in [2.45, 2.75) is 119 Å². The minimum absolute atomic E-state index is 0.211. The molecule has 0 aromatic heterocycles. The first-order chi connectivity index (χ1) is 13.7. The number of rotatable bonds is 11. The van der Waals surface area contributed by atoms with E-state index in [4.69, 9.17) is 0 Å². The molecule has 0 saturated carbocycles. The molecule has 1 unspecified atom stereocenters. The predicted octanol–water partition coefficient (Wildman–Crippen LogP) is 5.61. The first-order valence-electron chi connectivity index (χ1n) is 12.5. The lowest BCUT2D eigenvalue weighted by molar-refractivity contribution is -0.133. The van der Waals surface area contributed by atoms with Crippen LogP contribution in [0.3, 0.4) is 0 Å². The second kappa shape index (κ2) is 11.9. The van der Waals surface area contributed by atoms with Crippen LogP contribution in [0.1, 0.15) is 107 Å². The zero-order valence-corrected chi connectivity index (χ0v) is 21.8. The zero-order valence-electron chi connectivity index (χ0n) is 21.8. The molecule has 1 aliphatic heterocycles. The molecule has 0 aromatic rings. The van der Waals surface area contributed by atoms with Crippen LogP contribution in [0.25, 0.3) is 0 Å². The number of nitrogens with zero attached hydrogens (tertiary/aromatic N) is 1. The molecule has 0 radical (unpaired) electrons. The standard InChI is InChI=1S/C26H53N3O/c1-21(27-17-10-18-28-25(5,6)7)11-16-26(8,9)22-13-19-29(20-14-22)23(30)12-15-24(2,3)4/h21-22,27-28H,10-20H2,1-9H3. The van der Waals surface area contributed by atoms with Crippen molar-refractivity contribution in [1.82, 2.24) is 15.5 Å². The Labute approximate surface area is 188 Å². The van der Waals surface area contributed by atoms with E-state index in [0.29, 0.717) is 23.8 Å². The molecule has 4 heteroatoms. The fourth-order valence-electron chi connectivity index (χ4n) is 4.35. The van der Waals surface area contributed by atoms with Crippen LogP contribution in [-0.4, -0.2) is 48.6 Å². The van der Waals surface area contributed by atoms with Gasteiger partial charge in [-0.15, -0.1) is 0 Å². The quantitative estimate of drug-likeness (QED) is 0.424. The maximum Gasteiger partial charge on any atom is 0.222 e. The van der Waals surface area contributed by atoms with Crippen molar-refractivity contribution in [1.29, 1.82) is 0 Å². The van der Waals surface area contributed by atoms with Gasteiger partial charge in [0.1, 0.15) is 0 Å². The van der Waals surface area contributed by atoms with Crippen molar-refractivity contribution in [3.63, 3.8) is 0 Å². The second-order valence-corrected chi connectivity index (χ2v) is 12.6. The van der Waals surface area contributed by atoms with Gasteiger partial charge in [-0.1, -0.05) is 34.6 Å². The van der Waals surface area contributed by atoms with E-state index in [0.717, 1.165) is 51.4 Å². The van der Waals surface area contributed by atoms with Gasteiger partial charge in [-0.25, -0.2) is 0 Å². The van der Waals surface area contributed by atoms with Gasteiger partial charge in [0.2, 0.25) is 5.91 Å². The Hall–Kier alpha value is -0.610. The molecule has 1 fully saturated rings.